The molecule has 0 amide bonds. The van der Waals surface area contributed by atoms with E-state index in [0.29, 0.717) is 0 Å². The number of nitro benzene ring substituents is 1. The number of ether oxygens (including phenoxy) is 2. The highest BCUT2D eigenvalue weighted by atomic mass is 32.3. The van der Waals surface area contributed by atoms with Crippen LogP contribution in [0.2, 0.25) is 0 Å². The third-order valence-electron chi connectivity index (χ3n) is 4.11. The van der Waals surface area contributed by atoms with Gasteiger partial charge in [0.25, 0.3) is 5.69 Å². The number of rotatable bonds is 4. The average molecular weight is 421 g/mol. The first-order valence-electron chi connectivity index (χ1n) is 7.29. The molecule has 1 aliphatic heterocycles. The quantitative estimate of drug-likeness (QED) is 0.353. The second-order valence-electron chi connectivity index (χ2n) is 5.71. The predicted octanol–water partition coefficient (Wildman–Crippen LogP) is -0.438. The van der Waals surface area contributed by atoms with Crippen LogP contribution in [0.15, 0.2) is 24.3 Å². The van der Waals surface area contributed by atoms with Gasteiger partial charge < -0.3 is 9.47 Å². The fourth-order valence-electron chi connectivity index (χ4n) is 2.97. The maximum Gasteiger partial charge on any atom is 0.324 e. The predicted molar refractivity (Wildman–Crippen MR) is 90.2 cm³/mol. The Hall–Kier alpha value is -2.54. The highest BCUT2D eigenvalue weighted by molar-refractivity contribution is 8.10. The third kappa shape index (κ3) is 3.78. The van der Waals surface area contributed by atoms with E-state index in [0.717, 1.165) is 38.5 Å². The number of esters is 2. The largest absolute Gasteiger partial charge is 0.468 e. The van der Waals surface area contributed by atoms with E-state index in [2.05, 4.69) is 9.47 Å². The molecule has 1 aliphatic rings. The maximum atomic E-state index is 12.5. The van der Waals surface area contributed by atoms with E-state index >= 15 is 0 Å². The van der Waals surface area contributed by atoms with Gasteiger partial charge >= 0.3 is 11.9 Å². The standard InChI is InChI=1S/C14H15NO10S2/c1-24-13(16)11-10(8-3-5-9(6-4-8)15(18)19)12(14(17)25-2)27(22,23)7-26(11,20)21/h3-6,10-12H,7H2,1-2H3. The van der Waals surface area contributed by atoms with Crippen LogP contribution >= 0.6 is 0 Å². The molecule has 1 heterocycles. The first-order valence-corrected chi connectivity index (χ1v) is 10.7. The number of methoxy groups -OCH3 is 2. The minimum atomic E-state index is -4.55. The Bertz CT molecular complexity index is 929. The van der Waals surface area contributed by atoms with Crippen molar-refractivity contribution in [1.29, 1.82) is 0 Å². The minimum Gasteiger partial charge on any atom is -0.468 e. The van der Waals surface area contributed by atoms with Crippen LogP contribution in [0.25, 0.3) is 0 Å². The van der Waals surface area contributed by atoms with Crippen LogP contribution in [0.5, 0.6) is 0 Å². The van der Waals surface area contributed by atoms with E-state index in [1.165, 1.54) is 0 Å². The molecule has 27 heavy (non-hydrogen) atoms. The summed E-state index contributed by atoms with van der Waals surface area (Å²) >= 11 is 0. The van der Waals surface area contributed by atoms with E-state index in [1.54, 1.807) is 0 Å². The molecule has 1 saturated heterocycles. The summed E-state index contributed by atoms with van der Waals surface area (Å²) in [6.45, 7) is 0. The van der Waals surface area contributed by atoms with E-state index in [-0.39, 0.29) is 11.3 Å². The number of carbonyl (C=O) groups excluding carboxylic acids is 2. The van der Waals surface area contributed by atoms with E-state index in [1.807, 2.05) is 0 Å². The van der Waals surface area contributed by atoms with Crippen LogP contribution in [0.4, 0.5) is 5.69 Å². The van der Waals surface area contributed by atoms with Gasteiger partial charge in [0.2, 0.25) is 0 Å². The van der Waals surface area contributed by atoms with E-state index in [4.69, 9.17) is 0 Å². The zero-order valence-electron chi connectivity index (χ0n) is 14.1. The van der Waals surface area contributed by atoms with Crippen molar-refractivity contribution in [1.82, 2.24) is 0 Å². The Morgan fingerprint density at radius 1 is 0.963 bits per heavy atom. The average Bonchev–Trinajstić information content (AvgIpc) is 2.58. The molecule has 11 nitrogen and oxygen atoms in total. The number of hydrogen-bond acceptors (Lipinski definition) is 10. The third-order valence-corrected chi connectivity index (χ3v) is 9.26. The molecule has 1 aromatic rings. The zero-order valence-corrected chi connectivity index (χ0v) is 15.7. The van der Waals surface area contributed by atoms with Crippen molar-refractivity contribution in [3.63, 3.8) is 0 Å². The number of non-ortho nitro benzene ring substituents is 1. The number of sulfone groups is 2. The summed E-state index contributed by atoms with van der Waals surface area (Å²) in [6, 6.07) is 4.19. The lowest BCUT2D eigenvalue weighted by Crippen LogP contribution is -2.55. The second kappa shape index (κ2) is 7.23. The zero-order chi connectivity index (χ0) is 20.6. The molecule has 0 N–H and O–H groups in total. The molecular formula is C14H15NO10S2. The van der Waals surface area contributed by atoms with E-state index < -0.39 is 58.0 Å². The van der Waals surface area contributed by atoms with Gasteiger partial charge in [-0.1, -0.05) is 12.1 Å². The molecule has 1 aromatic carbocycles. The molecular weight excluding hydrogens is 406 g/mol. The molecule has 0 saturated carbocycles. The Morgan fingerprint density at radius 3 is 1.70 bits per heavy atom. The second-order valence-corrected chi connectivity index (χ2v) is 10.3. The normalized spacial score (nSPS) is 25.9. The molecule has 148 valence electrons. The number of nitrogens with zero attached hydrogens (tertiary/aromatic N) is 1. The number of nitro groups is 1. The fourth-order valence-corrected chi connectivity index (χ4v) is 8.37. The maximum absolute atomic E-state index is 12.5. The topological polar surface area (TPSA) is 164 Å². The monoisotopic (exact) mass is 421 g/mol. The Labute approximate surface area is 154 Å². The number of benzene rings is 1. The highest BCUT2D eigenvalue weighted by Gasteiger charge is 2.58. The first-order chi connectivity index (χ1) is 12.5. The van der Waals surface area contributed by atoms with Crippen molar-refractivity contribution >= 4 is 37.3 Å². The van der Waals surface area contributed by atoms with Gasteiger partial charge in [-0.25, -0.2) is 16.8 Å². The highest BCUT2D eigenvalue weighted by Crippen LogP contribution is 2.39. The van der Waals surface area contributed by atoms with Crippen molar-refractivity contribution < 1.29 is 40.8 Å². The number of carbonyl (C=O) groups is 2. The molecule has 2 atom stereocenters. The van der Waals surface area contributed by atoms with Gasteiger partial charge in [0.15, 0.2) is 35.3 Å². The lowest BCUT2D eigenvalue weighted by molar-refractivity contribution is -0.384. The molecule has 0 aliphatic carbocycles. The van der Waals surface area contributed by atoms with Crippen molar-refractivity contribution in [2.45, 2.75) is 16.4 Å². The lowest BCUT2D eigenvalue weighted by Gasteiger charge is -2.34. The van der Waals surface area contributed by atoms with Crippen LogP contribution in [0.3, 0.4) is 0 Å². The summed E-state index contributed by atoms with van der Waals surface area (Å²) in [7, 11) is -7.25. The summed E-state index contributed by atoms with van der Waals surface area (Å²) in [5.74, 6) is -4.18. The molecule has 0 spiro atoms. The Kier molecular flexibility index (Phi) is 5.56. The summed E-state index contributed by atoms with van der Waals surface area (Å²) in [5.41, 5.74) is -0.414. The fraction of sp³-hybridized carbons (Fsp3) is 0.429. The molecule has 2 rings (SSSR count). The van der Waals surface area contributed by atoms with Gasteiger partial charge in [0, 0.05) is 18.1 Å². The summed E-state index contributed by atoms with van der Waals surface area (Å²) < 4.78 is 58.9. The Balaban J connectivity index is 2.76. The minimum absolute atomic E-state index is 0.0711. The summed E-state index contributed by atoms with van der Waals surface area (Å²) in [4.78, 5) is 34.4. The molecule has 0 aromatic heterocycles. The van der Waals surface area contributed by atoms with Crippen molar-refractivity contribution in [3.8, 4) is 0 Å². The van der Waals surface area contributed by atoms with Crippen molar-refractivity contribution in [2.24, 2.45) is 0 Å². The van der Waals surface area contributed by atoms with Gasteiger partial charge in [-0.2, -0.15) is 0 Å². The van der Waals surface area contributed by atoms with Crippen LogP contribution in [-0.2, 0) is 38.7 Å². The van der Waals surface area contributed by atoms with Gasteiger partial charge in [-0.05, 0) is 5.56 Å². The van der Waals surface area contributed by atoms with E-state index in [9.17, 15) is 36.5 Å². The summed E-state index contributed by atoms with van der Waals surface area (Å²) in [6.07, 6.45) is 0. The van der Waals surface area contributed by atoms with Gasteiger partial charge in [0.1, 0.15) is 0 Å². The van der Waals surface area contributed by atoms with Gasteiger partial charge in [0.05, 0.1) is 19.1 Å². The smallest absolute Gasteiger partial charge is 0.324 e. The van der Waals surface area contributed by atoms with Crippen LogP contribution in [0.1, 0.15) is 11.5 Å². The molecule has 0 radical (unpaired) electrons. The van der Waals surface area contributed by atoms with Gasteiger partial charge in [-0.3, -0.25) is 19.7 Å². The Morgan fingerprint density at radius 2 is 1.37 bits per heavy atom. The number of hydrogen-bond donors (Lipinski definition) is 0. The first kappa shape index (κ1) is 20.8. The lowest BCUT2D eigenvalue weighted by atomic mass is 9.91. The summed E-state index contributed by atoms with van der Waals surface area (Å²) in [5, 5.41) is 5.39. The van der Waals surface area contributed by atoms with Crippen molar-refractivity contribution in [3.05, 3.63) is 39.9 Å². The van der Waals surface area contributed by atoms with Crippen molar-refractivity contribution in [2.75, 3.05) is 19.3 Å². The van der Waals surface area contributed by atoms with Crippen LogP contribution < -0.4 is 0 Å². The van der Waals surface area contributed by atoms with Crippen LogP contribution in [-0.4, -0.2) is 63.5 Å². The molecule has 13 heteroatoms. The SMILES string of the molecule is COC(=O)C1C(c2ccc([N+](=O)[O-])cc2)C(C(=O)OC)S(=O)(=O)CS1(=O)=O. The molecule has 0 bridgehead atoms. The van der Waals surface area contributed by atoms with Crippen LogP contribution in [0, 0.1) is 10.1 Å². The van der Waals surface area contributed by atoms with Gasteiger partial charge in [-0.15, -0.1) is 0 Å². The molecule has 1 fully saturated rings. The molecule has 2 unspecified atom stereocenters.